The van der Waals surface area contributed by atoms with Crippen molar-refractivity contribution in [3.8, 4) is 11.5 Å². The van der Waals surface area contributed by atoms with Gasteiger partial charge >= 0.3 is 22.1 Å². The maximum Gasteiger partial charge on any atom is 0.405 e. The molecule has 5 amide bonds. The number of fused-ring (bicyclic) bond motifs is 6. The number of ketones is 2. The molecule has 4 bridgehead atoms. The Morgan fingerprint density at radius 2 is 1.26 bits per heavy atom. The molecule has 0 radical (unpaired) electrons. The summed E-state index contributed by atoms with van der Waals surface area (Å²) in [5.41, 5.74) is 13.6. The van der Waals surface area contributed by atoms with Gasteiger partial charge in [0, 0.05) is 87.8 Å². The number of carbonyl (C=O) groups excluding carboxylic acids is 8. The summed E-state index contributed by atoms with van der Waals surface area (Å²) < 4.78 is 41.3. The molecule has 3 aliphatic heterocycles. The van der Waals surface area contributed by atoms with E-state index in [-0.39, 0.29) is 89.6 Å². The minimum Gasteiger partial charge on any atom is -0.505 e. The van der Waals surface area contributed by atoms with Crippen LogP contribution in [0.4, 0.5) is 21.0 Å². The zero-order valence-electron chi connectivity index (χ0n) is 55.9. The van der Waals surface area contributed by atoms with Crippen molar-refractivity contribution in [2.24, 2.45) is 35.1 Å². The molecule has 0 fully saturated rings. The third kappa shape index (κ3) is 25.1. The Kier molecular flexibility index (Phi) is 34.6. The highest BCUT2D eigenvalue weighted by Gasteiger charge is 2.37. The average molecular weight is 1470 g/mol. The van der Waals surface area contributed by atoms with Crippen molar-refractivity contribution in [2.45, 2.75) is 134 Å². The van der Waals surface area contributed by atoms with Gasteiger partial charge in [-0.1, -0.05) is 104 Å². The van der Waals surface area contributed by atoms with Crippen molar-refractivity contribution in [3.05, 3.63) is 131 Å². The Balaban J connectivity index is 0.000000443. The maximum absolute atomic E-state index is 13.5. The summed E-state index contributed by atoms with van der Waals surface area (Å²) in [6, 6.07) is 1.50. The fourth-order valence-electron chi connectivity index (χ4n) is 10.8. The molecule has 0 saturated carbocycles. The number of phenolic OH excluding ortho intramolecular Hbond substituents is 1. The molecule has 4 aliphatic rings. The average Bonchev–Trinajstić information content (AvgIpc) is 0.780. The Morgan fingerprint density at radius 1 is 0.771 bits per heavy atom. The number of nitrogens with one attached hydrogen (secondary N) is 3. The van der Waals surface area contributed by atoms with Crippen LogP contribution in [0.15, 0.2) is 125 Å². The standard InChI is InChI=1S/C33H45N3O9.C31H43N3O8.C3H2BrCl3O2/c1-8-12-36-27(37)17-44-25-16-23-30(39)22(28(25)36)13-18(2)14-26(43-7)29(38)20(4)15-21(5)31(45-33(34)41)24(42-6)11-9-10-19(3)32(40)35-23;1-8-12-33-26-21-13-17(2)14-25(41-7)27(36)19(4)15-20(5)29(42-31(32)39)24(40-6)11-9-10-18(3)30(38)34-22(28(21)37)16-23(26)35;4-1-2(8)9-3(5,6)7/h8-11,15-16,18,20,24,26,29,31,38-39H,1,12-14,17H2,2-7H3,(H2,34,41)(H,35,40);8-11,15-17,19,24-25,27,29,33,36H,1,12-14H2,2-7H3,(H2,32,39)(H,34,38);1H2/b11-9-,19-10+,21-15+;11-9-,18-10+,20-15+;/t18-,20+,24+,26+,29-,31+;17-,19+,24+,25+,27-,29+;/m11./s1. The lowest BCUT2D eigenvalue weighted by Gasteiger charge is -2.33. The van der Waals surface area contributed by atoms with E-state index < -0.39 is 106 Å². The van der Waals surface area contributed by atoms with Gasteiger partial charge in [0.25, 0.3) is 17.7 Å². The molecule has 1 aromatic rings. The second-order valence-electron chi connectivity index (χ2n) is 23.2. The van der Waals surface area contributed by atoms with Crippen LogP contribution in [0.3, 0.4) is 0 Å². The summed E-state index contributed by atoms with van der Waals surface area (Å²) in [4.78, 5) is 101. The van der Waals surface area contributed by atoms with Gasteiger partial charge in [0.05, 0.1) is 47.2 Å². The van der Waals surface area contributed by atoms with Gasteiger partial charge in [0.15, 0.2) is 18.8 Å². The minimum absolute atomic E-state index is 0.0148. The third-order valence-electron chi connectivity index (χ3n) is 15.6. The van der Waals surface area contributed by atoms with E-state index in [2.05, 4.69) is 49.8 Å². The van der Waals surface area contributed by atoms with Crippen LogP contribution in [0.25, 0.3) is 0 Å². The molecule has 0 unspecified atom stereocenters. The van der Waals surface area contributed by atoms with Gasteiger partial charge in [-0.15, -0.1) is 13.2 Å². The highest BCUT2D eigenvalue weighted by atomic mass is 79.9. The number of ether oxygens (including phenoxy) is 8. The maximum atomic E-state index is 13.5. The number of hydrogen-bond donors (Lipinski definition) is 8. The number of alkyl halides is 4. The predicted octanol–water partition coefficient (Wildman–Crippen LogP) is 8.55. The molecule has 530 valence electrons. The van der Waals surface area contributed by atoms with Crippen molar-refractivity contribution in [1.29, 1.82) is 0 Å². The molecule has 96 heavy (non-hydrogen) atoms. The molecule has 12 atom stereocenters. The first kappa shape index (κ1) is 83.1. The molecule has 10 N–H and O–H groups in total. The predicted molar refractivity (Wildman–Crippen MR) is 368 cm³/mol. The molecule has 25 nitrogen and oxygen atoms in total. The number of nitrogens with zero attached hydrogens (tertiary/aromatic N) is 1. The zero-order valence-corrected chi connectivity index (χ0v) is 59.8. The summed E-state index contributed by atoms with van der Waals surface area (Å²) in [6.45, 7) is 21.7. The first-order chi connectivity index (χ1) is 45.1. The van der Waals surface area contributed by atoms with Gasteiger partial charge in [-0.05, 0) is 111 Å². The highest BCUT2D eigenvalue weighted by Crippen LogP contribution is 2.47. The summed E-state index contributed by atoms with van der Waals surface area (Å²) in [5, 5.41) is 42.4. The SMILES string of the molecule is C=CCN1C(=O)COc2cc3c(O)c(c21)C[C@@H](C)C[C@H](OC)[C@H](O)[C@@H](C)/C=C(\C)[C@H](OC(N)=O)[C@@H](OC)/C=C\C=C(/C)C(=O)N3.C=CCNC1=C2C[C@@H](C)C[C@H](OC)[C@H](O)[C@@H](C)/C=C(\C)[C@H](OC(N)=O)[C@@H](OC)/C=C\C=C(/C)C(=O)NC(=CC1=O)C2=O.O=C(CBr)OC(Cl)(Cl)Cl. The van der Waals surface area contributed by atoms with Crippen molar-refractivity contribution in [1.82, 2.24) is 10.6 Å². The van der Waals surface area contributed by atoms with Crippen LogP contribution in [0.2, 0.25) is 0 Å². The topological polar surface area (TPSA) is 362 Å². The number of amides is 5. The van der Waals surface area contributed by atoms with Crippen LogP contribution >= 0.6 is 50.7 Å². The first-order valence-electron chi connectivity index (χ1n) is 30.4. The molecule has 29 heteroatoms. The summed E-state index contributed by atoms with van der Waals surface area (Å²) in [6.07, 6.45) is 9.84. The van der Waals surface area contributed by atoms with E-state index in [9.17, 15) is 53.7 Å². The van der Waals surface area contributed by atoms with Gasteiger partial charge in [-0.25, -0.2) is 9.59 Å². The van der Waals surface area contributed by atoms with Crippen LogP contribution in [0.5, 0.6) is 11.5 Å². The molecule has 0 saturated heterocycles. The van der Waals surface area contributed by atoms with Crippen molar-refractivity contribution in [3.63, 3.8) is 0 Å². The smallest absolute Gasteiger partial charge is 0.405 e. The quantitative estimate of drug-likeness (QED) is 0.0242. The second kappa shape index (κ2) is 39.9. The number of allylic oxidation sites excluding steroid dienone is 6. The molecular weight excluding hydrogens is 1380 g/mol. The number of halogens is 4. The Labute approximate surface area is 583 Å². The Bertz CT molecular complexity index is 3250. The lowest BCUT2D eigenvalue weighted by Crippen LogP contribution is -2.40. The number of aromatic hydroxyl groups is 1. The number of phenols is 1. The number of hydrogen-bond acceptors (Lipinski definition) is 20. The third-order valence-corrected chi connectivity index (χ3v) is 16.3. The van der Waals surface area contributed by atoms with E-state index in [1.807, 2.05) is 20.8 Å². The number of Topliss-reactive ketones (excluding diaryl/α,β-unsaturated/α-hetero) is 1. The van der Waals surface area contributed by atoms with Crippen molar-refractivity contribution in [2.75, 3.05) is 63.7 Å². The molecule has 5 rings (SSSR count). The van der Waals surface area contributed by atoms with Gasteiger partial charge in [-0.2, -0.15) is 0 Å². The zero-order chi connectivity index (χ0) is 72.5. The van der Waals surface area contributed by atoms with Gasteiger partial charge in [-0.3, -0.25) is 28.8 Å². The van der Waals surface area contributed by atoms with Crippen LogP contribution in [0.1, 0.15) is 80.2 Å². The number of esters is 1. The van der Waals surface area contributed by atoms with E-state index in [1.54, 1.807) is 89.3 Å². The summed E-state index contributed by atoms with van der Waals surface area (Å²) in [7, 11) is 5.87. The number of rotatable bonds is 12. The van der Waals surface area contributed by atoms with E-state index >= 15 is 0 Å². The number of carbonyl (C=O) groups is 8. The summed E-state index contributed by atoms with van der Waals surface area (Å²) in [5.74, 6) is -4.03. The van der Waals surface area contributed by atoms with Gasteiger partial charge < -0.3 is 85.5 Å². The van der Waals surface area contributed by atoms with E-state index in [0.717, 1.165) is 6.08 Å². The fraction of sp³-hybridized carbons (Fsp3) is 0.493. The second-order valence-corrected chi connectivity index (χ2v) is 25.9. The molecule has 0 aromatic heterocycles. The van der Waals surface area contributed by atoms with Crippen molar-refractivity contribution >= 4 is 110 Å². The lowest BCUT2D eigenvalue weighted by molar-refractivity contribution is -0.141. The number of anilines is 2. The molecule has 0 spiro atoms. The largest absolute Gasteiger partial charge is 0.505 e. The van der Waals surface area contributed by atoms with E-state index in [1.165, 1.54) is 45.5 Å². The molecule has 1 aromatic carbocycles. The van der Waals surface area contributed by atoms with Gasteiger partial charge in [0.2, 0.25) is 11.6 Å². The van der Waals surface area contributed by atoms with Crippen LogP contribution in [-0.4, -0.2) is 169 Å². The number of aliphatic hydroxyl groups is 2. The van der Waals surface area contributed by atoms with Crippen LogP contribution in [-0.2, 0) is 68.3 Å². The summed E-state index contributed by atoms with van der Waals surface area (Å²) >= 11 is 18.0. The van der Waals surface area contributed by atoms with E-state index in [4.69, 9.17) is 79.4 Å². The van der Waals surface area contributed by atoms with Crippen LogP contribution < -0.4 is 37.1 Å². The minimum atomic E-state index is -1.94. The number of primary amides is 2. The first-order valence-corrected chi connectivity index (χ1v) is 32.6. The number of aliphatic hydroxyl groups excluding tert-OH is 2. The highest BCUT2D eigenvalue weighted by molar-refractivity contribution is 9.09. The fourth-order valence-corrected chi connectivity index (χ4v) is 11.1. The van der Waals surface area contributed by atoms with Gasteiger partial charge in [0.1, 0.15) is 29.0 Å². The number of benzene rings is 1. The van der Waals surface area contributed by atoms with Crippen molar-refractivity contribution < 1.29 is 91.6 Å². The number of nitrogens with two attached hydrogens (primary N) is 2. The monoisotopic (exact) mass is 1470 g/mol. The lowest BCUT2D eigenvalue weighted by atomic mass is 9.85. The molecule has 1 aliphatic carbocycles. The Morgan fingerprint density at radius 3 is 1.69 bits per heavy atom. The molecular formula is C67H90BrCl3N6O19. The number of methoxy groups -OCH3 is 4. The van der Waals surface area contributed by atoms with E-state index in [0.29, 0.717) is 46.6 Å². The normalized spacial score (nSPS) is 28.8. The molecule has 3 heterocycles. The van der Waals surface area contributed by atoms with Crippen LogP contribution in [0, 0.1) is 23.7 Å². The Hall–Kier alpha value is -7.11.